The van der Waals surface area contributed by atoms with Crippen LogP contribution in [0.2, 0.25) is 0 Å². The zero-order chi connectivity index (χ0) is 6.41. The number of carbonyl (C=O) groups excluding carboxylic acids is 3. The maximum absolute atomic E-state index is 9.97. The van der Waals surface area contributed by atoms with Crippen molar-refractivity contribution >= 4 is 18.4 Å². The van der Waals surface area contributed by atoms with Gasteiger partial charge in [-0.05, 0) is 0 Å². The summed E-state index contributed by atoms with van der Waals surface area (Å²) in [4.78, 5) is 28.8. The normalized spacial score (nSPS) is 8.00. The van der Waals surface area contributed by atoms with Crippen molar-refractivity contribution in [1.29, 1.82) is 0 Å². The van der Waals surface area contributed by atoms with Crippen LogP contribution in [0.5, 0.6) is 0 Å². The summed E-state index contributed by atoms with van der Waals surface area (Å²) < 4.78 is 0. The van der Waals surface area contributed by atoms with Crippen LogP contribution in [0.4, 0.5) is 0 Å². The molecule has 0 saturated heterocycles. The Balaban J connectivity index is 3.24. The quantitative estimate of drug-likeness (QED) is 0.463. The Morgan fingerprint density at radius 1 is 1.38 bits per heavy atom. The molecule has 0 unspecified atom stereocenters. The molecule has 0 rings (SSSR count). The van der Waals surface area contributed by atoms with Gasteiger partial charge >= 0.3 is 0 Å². The summed E-state index contributed by atoms with van der Waals surface area (Å²) in [7, 11) is 0. The van der Waals surface area contributed by atoms with Gasteiger partial charge in [0.1, 0.15) is 0 Å². The van der Waals surface area contributed by atoms with E-state index >= 15 is 0 Å². The van der Waals surface area contributed by atoms with E-state index in [0.29, 0.717) is 0 Å². The molecule has 0 N–H and O–H groups in total. The molecule has 0 aliphatic heterocycles. The summed E-state index contributed by atoms with van der Waals surface area (Å²) in [5.74, 6) is -0.673. The molecule has 0 bridgehead atoms. The van der Waals surface area contributed by atoms with Gasteiger partial charge < -0.3 is 0 Å². The van der Waals surface area contributed by atoms with Gasteiger partial charge in [-0.15, -0.1) is 0 Å². The van der Waals surface area contributed by atoms with Crippen LogP contribution in [0.25, 0.3) is 0 Å². The van der Waals surface area contributed by atoms with Crippen molar-refractivity contribution in [2.45, 2.75) is 12.8 Å². The van der Waals surface area contributed by atoms with Gasteiger partial charge in [0.05, 0.1) is 0 Å². The lowest BCUT2D eigenvalue weighted by Gasteiger charge is -1.77. The van der Waals surface area contributed by atoms with E-state index in [1.54, 1.807) is 0 Å². The molecule has 0 heterocycles. The second kappa shape index (κ2) is 4.18. The van der Waals surface area contributed by atoms with Gasteiger partial charge in [0, 0.05) is 12.8 Å². The molecular formula is C5H4O3. The predicted molar refractivity (Wildman–Crippen MR) is 25.6 cm³/mol. The lowest BCUT2D eigenvalue weighted by atomic mass is 10.2. The highest BCUT2D eigenvalue weighted by Crippen LogP contribution is 1.81. The Bertz CT molecular complexity index is 106. The molecule has 8 heavy (non-hydrogen) atoms. The van der Waals surface area contributed by atoms with Crippen molar-refractivity contribution in [3.8, 4) is 0 Å². The highest BCUT2D eigenvalue weighted by Gasteiger charge is 1.97. The summed E-state index contributed by atoms with van der Waals surface area (Å²) in [6.45, 7) is 0. The van der Waals surface area contributed by atoms with E-state index in [1.807, 2.05) is 0 Å². The number of hydrogen-bond acceptors (Lipinski definition) is 3. The van der Waals surface area contributed by atoms with Gasteiger partial charge in [-0.1, -0.05) is 0 Å². The van der Waals surface area contributed by atoms with Crippen molar-refractivity contribution < 1.29 is 14.4 Å². The molecule has 3 heteroatoms. The molecule has 3 nitrogen and oxygen atoms in total. The highest BCUT2D eigenvalue weighted by molar-refractivity contribution is 6.25. The number of Topliss-reactive ketones (excluding diaryl/α,β-unsaturated/α-hetero) is 1. The third-order valence-electron chi connectivity index (χ3n) is 0.568. The smallest absolute Gasteiger partial charge is 0.272 e. The molecule has 2 radical (unpaired) electrons. The van der Waals surface area contributed by atoms with Gasteiger partial charge in [0.15, 0.2) is 6.29 Å². The molecule has 0 aromatic carbocycles. The molecule has 0 saturated carbocycles. The van der Waals surface area contributed by atoms with E-state index in [0.717, 1.165) is 6.29 Å². The zero-order valence-electron chi connectivity index (χ0n) is 4.14. The van der Waals surface area contributed by atoms with Gasteiger partial charge in [-0.25, -0.2) is 0 Å². The lowest BCUT2D eigenvalue weighted by Crippen LogP contribution is -1.97. The summed E-state index contributed by atoms with van der Waals surface area (Å²) in [6, 6.07) is 0. The molecule has 0 aliphatic rings. The number of hydrogen-bond donors (Lipinski definition) is 0. The Labute approximate surface area is 46.7 Å². The Morgan fingerprint density at radius 2 is 2.00 bits per heavy atom. The van der Waals surface area contributed by atoms with Crippen LogP contribution in [0.15, 0.2) is 0 Å². The fourth-order valence-corrected chi connectivity index (χ4v) is 0.216. The first-order chi connectivity index (χ1) is 3.81. The van der Waals surface area contributed by atoms with Gasteiger partial charge in [-0.2, -0.15) is 0 Å². The lowest BCUT2D eigenvalue weighted by molar-refractivity contribution is -0.112. The van der Waals surface area contributed by atoms with E-state index in [-0.39, 0.29) is 12.8 Å². The van der Waals surface area contributed by atoms with Gasteiger partial charge in [0.2, 0.25) is 5.78 Å². The maximum atomic E-state index is 9.97. The average molecular weight is 112 g/mol. The second-order valence-electron chi connectivity index (χ2n) is 1.17. The molecule has 0 aliphatic carbocycles. The topological polar surface area (TPSA) is 51.2 Å². The SMILES string of the molecule is O=[C]CCC(=O)[C]=O. The third kappa shape index (κ3) is 3.21. The van der Waals surface area contributed by atoms with E-state index in [2.05, 4.69) is 0 Å². The molecule has 42 valence electrons. The first-order valence-electron chi connectivity index (χ1n) is 2.07. The van der Waals surface area contributed by atoms with E-state index in [1.165, 1.54) is 6.29 Å². The van der Waals surface area contributed by atoms with Crippen LogP contribution in [-0.4, -0.2) is 18.4 Å². The second-order valence-corrected chi connectivity index (χ2v) is 1.17. The van der Waals surface area contributed by atoms with Crippen molar-refractivity contribution in [3.05, 3.63) is 0 Å². The van der Waals surface area contributed by atoms with Crippen LogP contribution in [0, 0.1) is 0 Å². The maximum Gasteiger partial charge on any atom is 0.272 e. The first kappa shape index (κ1) is 7.01. The summed E-state index contributed by atoms with van der Waals surface area (Å²) in [6.07, 6.45) is 2.55. The fourth-order valence-electron chi connectivity index (χ4n) is 0.216. The largest absolute Gasteiger partial charge is 0.291 e. The molecule has 0 fully saturated rings. The van der Waals surface area contributed by atoms with E-state index in [4.69, 9.17) is 0 Å². The summed E-state index contributed by atoms with van der Waals surface area (Å²) in [5.41, 5.74) is 0. The van der Waals surface area contributed by atoms with Crippen molar-refractivity contribution in [3.63, 3.8) is 0 Å². The number of rotatable bonds is 4. The van der Waals surface area contributed by atoms with Crippen LogP contribution >= 0.6 is 0 Å². The molecule has 0 aromatic heterocycles. The van der Waals surface area contributed by atoms with Gasteiger partial charge in [-0.3, -0.25) is 14.4 Å². The highest BCUT2D eigenvalue weighted by atomic mass is 16.2. The Kier molecular flexibility index (Phi) is 3.66. The minimum absolute atomic E-state index is 0.00588. The minimum Gasteiger partial charge on any atom is -0.291 e. The summed E-state index contributed by atoms with van der Waals surface area (Å²) in [5, 5.41) is 0. The average Bonchev–Trinajstić information content (AvgIpc) is 1.83. The van der Waals surface area contributed by atoms with Crippen molar-refractivity contribution in [1.82, 2.24) is 0 Å². The first-order valence-corrected chi connectivity index (χ1v) is 2.07. The monoisotopic (exact) mass is 112 g/mol. The van der Waals surface area contributed by atoms with E-state index < -0.39 is 5.78 Å². The summed E-state index contributed by atoms with van der Waals surface area (Å²) >= 11 is 0. The van der Waals surface area contributed by atoms with Crippen molar-refractivity contribution in [2.24, 2.45) is 0 Å². The van der Waals surface area contributed by atoms with E-state index in [9.17, 15) is 14.4 Å². The minimum atomic E-state index is -0.673. The fraction of sp³-hybridized carbons (Fsp3) is 0.400. The molecule has 0 atom stereocenters. The standard InChI is InChI=1S/C5H4O3/c6-3-1-2-5(8)4-7/h1-2H2. The number of carbonyl (C=O) groups is 1. The van der Waals surface area contributed by atoms with Gasteiger partial charge in [0.25, 0.3) is 6.29 Å². The molecular weight excluding hydrogens is 108 g/mol. The Morgan fingerprint density at radius 3 is 2.38 bits per heavy atom. The Hall–Kier alpha value is -0.990. The number of ketones is 1. The molecule has 0 aromatic rings. The van der Waals surface area contributed by atoms with Crippen LogP contribution in [0.1, 0.15) is 12.8 Å². The predicted octanol–water partition coefficient (Wildman–Crippen LogP) is -0.445. The van der Waals surface area contributed by atoms with Crippen LogP contribution in [-0.2, 0) is 14.4 Å². The third-order valence-corrected chi connectivity index (χ3v) is 0.568. The van der Waals surface area contributed by atoms with Crippen LogP contribution in [0.3, 0.4) is 0 Å². The molecule has 0 spiro atoms. The molecule has 0 amide bonds. The van der Waals surface area contributed by atoms with Crippen LogP contribution < -0.4 is 0 Å². The zero-order valence-corrected chi connectivity index (χ0v) is 4.14. The van der Waals surface area contributed by atoms with Crippen molar-refractivity contribution in [2.75, 3.05) is 0 Å².